The number of carboxylic acid groups (broad SMARTS) is 1. The normalized spacial score (nSPS) is 13.6. The molecule has 0 saturated carbocycles. The molecule has 2 atom stereocenters. The second kappa shape index (κ2) is 9.52. The molecule has 1 rings (SSSR count). The van der Waals surface area contributed by atoms with E-state index in [0.717, 1.165) is 25.7 Å². The van der Waals surface area contributed by atoms with Gasteiger partial charge in [0.1, 0.15) is 0 Å². The molecule has 0 aromatic carbocycles. The summed E-state index contributed by atoms with van der Waals surface area (Å²) < 4.78 is 0. The van der Waals surface area contributed by atoms with E-state index >= 15 is 0 Å². The number of hydrogen-bond donors (Lipinski definition) is 3. The number of carbonyl (C=O) groups excluding carboxylic acids is 1. The van der Waals surface area contributed by atoms with Crippen LogP contribution in [0.1, 0.15) is 49.9 Å². The van der Waals surface area contributed by atoms with Gasteiger partial charge in [0.25, 0.3) is 0 Å². The van der Waals surface area contributed by atoms with Gasteiger partial charge in [0.05, 0.1) is 0 Å². The van der Waals surface area contributed by atoms with E-state index < -0.39 is 12.0 Å². The van der Waals surface area contributed by atoms with Crippen molar-refractivity contribution in [3.05, 3.63) is 22.4 Å². The monoisotopic (exact) mass is 312 g/mol. The lowest BCUT2D eigenvalue weighted by atomic mass is 9.94. The molecule has 1 aromatic heterocycles. The zero-order chi connectivity index (χ0) is 15.7. The zero-order valence-corrected chi connectivity index (χ0v) is 13.2. The molecule has 1 aromatic rings. The molecule has 2 unspecified atom stereocenters. The Kier molecular flexibility index (Phi) is 8.00. The maximum atomic E-state index is 12.0. The molecule has 0 aliphatic heterocycles. The molecule has 1 heterocycles. The molecule has 0 aliphatic rings. The fraction of sp³-hybridized carbons (Fsp3) is 0.600. The lowest BCUT2D eigenvalue weighted by molar-refractivity contribution is -0.142. The van der Waals surface area contributed by atoms with Crippen molar-refractivity contribution >= 4 is 23.2 Å². The summed E-state index contributed by atoms with van der Waals surface area (Å²) >= 11 is 1.33. The van der Waals surface area contributed by atoms with E-state index in [0.29, 0.717) is 23.8 Å². The minimum atomic E-state index is -1.03. The zero-order valence-electron chi connectivity index (χ0n) is 12.4. The van der Waals surface area contributed by atoms with E-state index in [2.05, 4.69) is 12.2 Å². The van der Waals surface area contributed by atoms with Gasteiger partial charge in [-0.3, -0.25) is 4.79 Å². The number of thiophene rings is 1. The molecule has 0 fully saturated rings. The molecule has 4 N–H and O–H groups in total. The Morgan fingerprint density at radius 1 is 1.38 bits per heavy atom. The van der Waals surface area contributed by atoms with Crippen LogP contribution < -0.4 is 11.1 Å². The third kappa shape index (κ3) is 6.27. The molecule has 6 heteroatoms. The van der Waals surface area contributed by atoms with Crippen molar-refractivity contribution in [3.63, 3.8) is 0 Å². The van der Waals surface area contributed by atoms with Crippen LogP contribution in [0, 0.1) is 5.92 Å². The van der Waals surface area contributed by atoms with Gasteiger partial charge < -0.3 is 16.2 Å². The Morgan fingerprint density at radius 2 is 2.14 bits per heavy atom. The SMILES string of the molecule is CCCC(CCN)CCC(=O)NC(C(=O)O)c1cccs1. The molecule has 5 nitrogen and oxygen atoms in total. The van der Waals surface area contributed by atoms with Crippen LogP contribution in [-0.4, -0.2) is 23.5 Å². The van der Waals surface area contributed by atoms with Crippen molar-refractivity contribution in [2.75, 3.05) is 6.54 Å². The van der Waals surface area contributed by atoms with Crippen molar-refractivity contribution < 1.29 is 14.7 Å². The summed E-state index contributed by atoms with van der Waals surface area (Å²) in [6.07, 6.45) is 4.14. The lowest BCUT2D eigenvalue weighted by Crippen LogP contribution is -2.33. The number of aliphatic carboxylic acids is 1. The number of hydrogen-bond acceptors (Lipinski definition) is 4. The molecule has 0 spiro atoms. The van der Waals surface area contributed by atoms with E-state index in [9.17, 15) is 14.7 Å². The predicted molar refractivity (Wildman–Crippen MR) is 84.1 cm³/mol. The number of carboxylic acids is 1. The summed E-state index contributed by atoms with van der Waals surface area (Å²) in [4.78, 5) is 23.9. The van der Waals surface area contributed by atoms with Gasteiger partial charge in [-0.2, -0.15) is 0 Å². The highest BCUT2D eigenvalue weighted by atomic mass is 32.1. The molecule has 0 radical (unpaired) electrons. The first-order chi connectivity index (χ1) is 10.1. The van der Waals surface area contributed by atoms with Gasteiger partial charge in [-0.1, -0.05) is 25.8 Å². The van der Waals surface area contributed by atoms with Gasteiger partial charge in [-0.15, -0.1) is 11.3 Å². The van der Waals surface area contributed by atoms with Crippen LogP contribution in [0.2, 0.25) is 0 Å². The average Bonchev–Trinajstić information content (AvgIpc) is 2.96. The van der Waals surface area contributed by atoms with Crippen LogP contribution in [0.25, 0.3) is 0 Å². The molecule has 0 aliphatic carbocycles. The Morgan fingerprint density at radius 3 is 2.67 bits per heavy atom. The van der Waals surface area contributed by atoms with Gasteiger partial charge >= 0.3 is 5.97 Å². The van der Waals surface area contributed by atoms with Gasteiger partial charge in [0, 0.05) is 11.3 Å². The van der Waals surface area contributed by atoms with E-state index in [4.69, 9.17) is 5.73 Å². The lowest BCUT2D eigenvalue weighted by Gasteiger charge is -2.16. The summed E-state index contributed by atoms with van der Waals surface area (Å²) in [5.41, 5.74) is 5.57. The van der Waals surface area contributed by atoms with Crippen molar-refractivity contribution in [2.24, 2.45) is 11.7 Å². The minimum absolute atomic E-state index is 0.214. The van der Waals surface area contributed by atoms with Crippen molar-refractivity contribution in [1.29, 1.82) is 0 Å². The smallest absolute Gasteiger partial charge is 0.331 e. The van der Waals surface area contributed by atoms with Crippen LogP contribution in [0.3, 0.4) is 0 Å². The van der Waals surface area contributed by atoms with Gasteiger partial charge in [-0.25, -0.2) is 4.79 Å². The number of nitrogens with one attached hydrogen (secondary N) is 1. The van der Waals surface area contributed by atoms with E-state index in [1.54, 1.807) is 17.5 Å². The fourth-order valence-electron chi connectivity index (χ4n) is 2.36. The topological polar surface area (TPSA) is 92.4 Å². The van der Waals surface area contributed by atoms with E-state index in [1.165, 1.54) is 11.3 Å². The largest absolute Gasteiger partial charge is 0.479 e. The summed E-state index contributed by atoms with van der Waals surface area (Å²) in [5.74, 6) is -0.803. The van der Waals surface area contributed by atoms with E-state index in [1.807, 2.05) is 0 Å². The third-order valence-corrected chi connectivity index (χ3v) is 4.37. The highest BCUT2D eigenvalue weighted by Gasteiger charge is 2.23. The Balaban J connectivity index is 2.49. The summed E-state index contributed by atoms with van der Waals surface area (Å²) in [5, 5.41) is 13.6. The Bertz CT molecular complexity index is 428. The van der Waals surface area contributed by atoms with Crippen LogP contribution >= 0.6 is 11.3 Å². The maximum absolute atomic E-state index is 12.0. The van der Waals surface area contributed by atoms with Crippen LogP contribution in [0.15, 0.2) is 17.5 Å². The van der Waals surface area contributed by atoms with Crippen molar-refractivity contribution in [1.82, 2.24) is 5.32 Å². The second-order valence-corrected chi connectivity index (χ2v) is 6.10. The summed E-state index contributed by atoms with van der Waals surface area (Å²) in [7, 11) is 0. The third-order valence-electron chi connectivity index (χ3n) is 3.43. The maximum Gasteiger partial charge on any atom is 0.331 e. The highest BCUT2D eigenvalue weighted by Crippen LogP contribution is 2.21. The summed E-state index contributed by atoms with van der Waals surface area (Å²) in [6.45, 7) is 2.74. The number of carbonyl (C=O) groups is 2. The number of amides is 1. The molecule has 1 amide bonds. The van der Waals surface area contributed by atoms with Gasteiger partial charge in [0.15, 0.2) is 6.04 Å². The first-order valence-corrected chi connectivity index (χ1v) is 8.22. The van der Waals surface area contributed by atoms with Crippen LogP contribution in [-0.2, 0) is 9.59 Å². The molecule has 118 valence electrons. The standard InChI is InChI=1S/C15H24N2O3S/c1-2-4-11(8-9-16)6-7-13(18)17-14(15(19)20)12-5-3-10-21-12/h3,5,10-11,14H,2,4,6-9,16H2,1H3,(H,17,18)(H,19,20). The Hall–Kier alpha value is -1.40. The fourth-order valence-corrected chi connectivity index (χ4v) is 3.12. The molecule has 0 saturated heterocycles. The van der Waals surface area contributed by atoms with Gasteiger partial charge in [-0.05, 0) is 36.8 Å². The highest BCUT2D eigenvalue weighted by molar-refractivity contribution is 7.10. The van der Waals surface area contributed by atoms with Crippen molar-refractivity contribution in [2.45, 2.75) is 45.1 Å². The minimum Gasteiger partial charge on any atom is -0.479 e. The molecular weight excluding hydrogens is 288 g/mol. The Labute approximate surface area is 129 Å². The predicted octanol–water partition coefficient (Wildman–Crippen LogP) is 2.54. The number of rotatable bonds is 10. The first-order valence-electron chi connectivity index (χ1n) is 7.34. The van der Waals surface area contributed by atoms with Crippen LogP contribution in [0.5, 0.6) is 0 Å². The molecular formula is C15H24N2O3S. The first kappa shape index (κ1) is 17.7. The van der Waals surface area contributed by atoms with Crippen molar-refractivity contribution in [3.8, 4) is 0 Å². The average molecular weight is 312 g/mol. The molecule has 0 bridgehead atoms. The van der Waals surface area contributed by atoms with E-state index in [-0.39, 0.29) is 5.91 Å². The van der Waals surface area contributed by atoms with Gasteiger partial charge in [0.2, 0.25) is 5.91 Å². The molecule has 21 heavy (non-hydrogen) atoms. The summed E-state index contributed by atoms with van der Waals surface area (Å²) in [6, 6.07) is 2.55. The quantitative estimate of drug-likeness (QED) is 0.619. The number of nitrogens with two attached hydrogens (primary N) is 1. The second-order valence-electron chi connectivity index (χ2n) is 5.12. The van der Waals surface area contributed by atoms with Crippen LogP contribution in [0.4, 0.5) is 0 Å².